The Bertz CT molecular complexity index is 508. The second kappa shape index (κ2) is 2.56. The molecule has 0 fully saturated rings. The van der Waals surface area contributed by atoms with Crippen molar-refractivity contribution in [2.75, 3.05) is 0 Å². The van der Waals surface area contributed by atoms with Gasteiger partial charge in [0, 0.05) is 11.6 Å². The van der Waals surface area contributed by atoms with Crippen molar-refractivity contribution in [1.29, 1.82) is 5.26 Å². The molecular formula is C9H4F2N2. The second-order valence-corrected chi connectivity index (χ2v) is 2.60. The predicted octanol–water partition coefficient (Wildman–Crippen LogP) is 2.32. The van der Waals surface area contributed by atoms with Crippen LogP contribution in [0, 0.1) is 23.0 Å². The lowest BCUT2D eigenvalue weighted by molar-refractivity contribution is 0.517. The first-order chi connectivity index (χ1) is 6.24. The maximum Gasteiger partial charge on any atom is 0.168 e. The molecule has 2 rings (SSSR count). The Hall–Kier alpha value is -1.89. The molecule has 0 saturated heterocycles. The summed E-state index contributed by atoms with van der Waals surface area (Å²) in [4.78, 5) is 2.68. The third-order valence-corrected chi connectivity index (χ3v) is 1.85. The van der Waals surface area contributed by atoms with Crippen molar-refractivity contribution in [2.45, 2.75) is 0 Å². The number of fused-ring (bicyclic) bond motifs is 1. The van der Waals surface area contributed by atoms with Crippen LogP contribution >= 0.6 is 0 Å². The minimum Gasteiger partial charge on any atom is -0.360 e. The second-order valence-electron chi connectivity index (χ2n) is 2.60. The molecule has 2 nitrogen and oxygen atoms in total. The van der Waals surface area contributed by atoms with Crippen LogP contribution in [0.5, 0.6) is 0 Å². The number of nitrogens with zero attached hydrogens (tertiary/aromatic N) is 1. The first-order valence-electron chi connectivity index (χ1n) is 3.59. The van der Waals surface area contributed by atoms with E-state index in [1.165, 1.54) is 12.3 Å². The lowest BCUT2D eigenvalue weighted by Gasteiger charge is -1.96. The molecule has 1 aromatic heterocycles. The molecule has 0 radical (unpaired) electrons. The molecule has 0 aliphatic carbocycles. The smallest absolute Gasteiger partial charge is 0.168 e. The molecule has 0 bridgehead atoms. The van der Waals surface area contributed by atoms with E-state index >= 15 is 0 Å². The molecule has 64 valence electrons. The molecule has 0 amide bonds. The largest absolute Gasteiger partial charge is 0.360 e. The molecule has 1 aromatic carbocycles. The summed E-state index contributed by atoms with van der Waals surface area (Å²) in [5.41, 5.74) is 0.445. The van der Waals surface area contributed by atoms with Gasteiger partial charge in [-0.05, 0) is 12.1 Å². The summed E-state index contributed by atoms with van der Waals surface area (Å²) in [5, 5.41) is 8.72. The number of aromatic nitrogens is 1. The van der Waals surface area contributed by atoms with E-state index < -0.39 is 11.6 Å². The summed E-state index contributed by atoms with van der Waals surface area (Å²) in [6.07, 6.45) is 1.47. The van der Waals surface area contributed by atoms with Crippen LogP contribution in [0.15, 0.2) is 18.3 Å². The average Bonchev–Trinajstić information content (AvgIpc) is 2.60. The number of nitrogens with one attached hydrogen (secondary N) is 1. The van der Waals surface area contributed by atoms with Crippen LogP contribution < -0.4 is 0 Å². The van der Waals surface area contributed by atoms with E-state index in [2.05, 4.69) is 4.98 Å². The number of aromatic amines is 1. The summed E-state index contributed by atoms with van der Waals surface area (Å²) in [5.74, 6) is -1.92. The van der Waals surface area contributed by atoms with Crippen LogP contribution in [-0.2, 0) is 0 Å². The maximum atomic E-state index is 13.0. The highest BCUT2D eigenvalue weighted by atomic mass is 19.2. The van der Waals surface area contributed by atoms with E-state index in [-0.39, 0.29) is 10.9 Å². The summed E-state index contributed by atoms with van der Waals surface area (Å²) in [7, 11) is 0. The molecule has 1 heterocycles. The molecule has 2 aromatic rings. The third kappa shape index (κ3) is 0.975. The van der Waals surface area contributed by atoms with Gasteiger partial charge in [0.05, 0.1) is 11.1 Å². The number of rotatable bonds is 0. The van der Waals surface area contributed by atoms with Gasteiger partial charge < -0.3 is 4.98 Å². The number of benzene rings is 1. The quantitative estimate of drug-likeness (QED) is 0.660. The van der Waals surface area contributed by atoms with Gasteiger partial charge >= 0.3 is 0 Å². The number of halogens is 2. The van der Waals surface area contributed by atoms with Crippen molar-refractivity contribution >= 4 is 10.9 Å². The molecule has 0 unspecified atom stereocenters. The van der Waals surface area contributed by atoms with Gasteiger partial charge in [-0.1, -0.05) is 0 Å². The maximum absolute atomic E-state index is 13.0. The van der Waals surface area contributed by atoms with E-state index in [9.17, 15) is 8.78 Å². The van der Waals surface area contributed by atoms with Gasteiger partial charge in [0.15, 0.2) is 11.6 Å². The molecule has 13 heavy (non-hydrogen) atoms. The minimum atomic E-state index is -0.997. The highest BCUT2D eigenvalue weighted by Crippen LogP contribution is 2.22. The van der Waals surface area contributed by atoms with Gasteiger partial charge in [-0.25, -0.2) is 8.78 Å². The summed E-state index contributed by atoms with van der Waals surface area (Å²) in [6, 6.07) is 4.07. The normalized spacial score (nSPS) is 10.2. The molecule has 0 aliphatic heterocycles. The van der Waals surface area contributed by atoms with Crippen LogP contribution in [0.25, 0.3) is 10.9 Å². The molecule has 0 spiro atoms. The first kappa shape index (κ1) is 7.74. The number of H-pyrrole nitrogens is 1. The molecule has 0 atom stereocenters. The number of hydrogen-bond acceptors (Lipinski definition) is 1. The fourth-order valence-electron chi connectivity index (χ4n) is 1.25. The van der Waals surface area contributed by atoms with Crippen molar-refractivity contribution in [2.24, 2.45) is 0 Å². The first-order valence-corrected chi connectivity index (χ1v) is 3.59. The van der Waals surface area contributed by atoms with E-state index in [4.69, 9.17) is 5.26 Å². The van der Waals surface area contributed by atoms with Crippen molar-refractivity contribution in [3.8, 4) is 6.07 Å². The summed E-state index contributed by atoms with van der Waals surface area (Å²) >= 11 is 0. The fraction of sp³-hybridized carbons (Fsp3) is 0. The summed E-state index contributed by atoms with van der Waals surface area (Å²) in [6.45, 7) is 0. The fourth-order valence-corrected chi connectivity index (χ4v) is 1.25. The predicted molar refractivity (Wildman–Crippen MR) is 42.9 cm³/mol. The number of hydrogen-bond donors (Lipinski definition) is 1. The van der Waals surface area contributed by atoms with Crippen LogP contribution in [0.1, 0.15) is 5.56 Å². The topological polar surface area (TPSA) is 39.6 Å². The van der Waals surface area contributed by atoms with Crippen LogP contribution in [0.3, 0.4) is 0 Å². The monoisotopic (exact) mass is 178 g/mol. The van der Waals surface area contributed by atoms with E-state index in [1.807, 2.05) is 0 Å². The van der Waals surface area contributed by atoms with Crippen molar-refractivity contribution in [1.82, 2.24) is 4.98 Å². The van der Waals surface area contributed by atoms with E-state index in [0.29, 0.717) is 5.52 Å². The molecule has 0 saturated carbocycles. The Morgan fingerprint density at radius 1 is 1.38 bits per heavy atom. The third-order valence-electron chi connectivity index (χ3n) is 1.85. The Morgan fingerprint density at radius 2 is 2.15 bits per heavy atom. The van der Waals surface area contributed by atoms with Crippen molar-refractivity contribution < 1.29 is 8.78 Å². The zero-order chi connectivity index (χ0) is 9.42. The Balaban J connectivity index is 2.97. The summed E-state index contributed by atoms with van der Waals surface area (Å²) < 4.78 is 25.9. The van der Waals surface area contributed by atoms with Crippen LogP contribution in [0.2, 0.25) is 0 Å². The van der Waals surface area contributed by atoms with Gasteiger partial charge in [0.25, 0.3) is 0 Å². The highest BCUT2D eigenvalue weighted by Gasteiger charge is 2.11. The van der Waals surface area contributed by atoms with E-state index in [0.717, 1.165) is 6.07 Å². The van der Waals surface area contributed by atoms with E-state index in [1.54, 1.807) is 6.07 Å². The Kier molecular flexibility index (Phi) is 1.52. The van der Waals surface area contributed by atoms with Crippen molar-refractivity contribution in [3.63, 3.8) is 0 Å². The van der Waals surface area contributed by atoms with Crippen LogP contribution in [0.4, 0.5) is 8.78 Å². The molecule has 1 N–H and O–H groups in total. The molecular weight excluding hydrogens is 174 g/mol. The van der Waals surface area contributed by atoms with Gasteiger partial charge in [-0.15, -0.1) is 0 Å². The zero-order valence-corrected chi connectivity index (χ0v) is 6.44. The highest BCUT2D eigenvalue weighted by molar-refractivity contribution is 5.85. The lowest BCUT2D eigenvalue weighted by Crippen LogP contribution is -1.88. The molecule has 4 heteroatoms. The Labute approximate surface area is 72.4 Å². The zero-order valence-electron chi connectivity index (χ0n) is 6.44. The molecule has 0 aliphatic rings. The number of nitriles is 1. The van der Waals surface area contributed by atoms with Gasteiger partial charge in [0.2, 0.25) is 0 Å². The minimum absolute atomic E-state index is 0.108. The lowest BCUT2D eigenvalue weighted by atomic mass is 10.1. The van der Waals surface area contributed by atoms with Crippen LogP contribution in [-0.4, -0.2) is 4.98 Å². The van der Waals surface area contributed by atoms with Crippen molar-refractivity contribution in [3.05, 3.63) is 35.5 Å². The Morgan fingerprint density at radius 3 is 2.85 bits per heavy atom. The van der Waals surface area contributed by atoms with Gasteiger partial charge in [-0.3, -0.25) is 0 Å². The SMILES string of the molecule is N#Cc1cc(F)c(F)c2cc[nH]c12. The van der Waals surface area contributed by atoms with Gasteiger partial charge in [0.1, 0.15) is 6.07 Å². The standard InChI is InChI=1S/C9H4F2N2/c10-7-3-5(4-12)9-6(8(7)11)1-2-13-9/h1-3,13H. The average molecular weight is 178 g/mol. The van der Waals surface area contributed by atoms with Gasteiger partial charge in [-0.2, -0.15) is 5.26 Å².